The minimum Gasteiger partial charge on any atom is -0.468 e. The van der Waals surface area contributed by atoms with E-state index in [4.69, 9.17) is 4.74 Å². The Morgan fingerprint density at radius 2 is 2.19 bits per heavy atom. The molecular formula is C11H9BrO4. The molecule has 0 saturated carbocycles. The molecule has 84 valence electrons. The average molecular weight is 285 g/mol. The number of ether oxygens (including phenoxy) is 2. The van der Waals surface area contributed by atoms with Crippen molar-refractivity contribution in [2.24, 2.45) is 0 Å². The highest BCUT2D eigenvalue weighted by Gasteiger charge is 2.39. The topological polar surface area (TPSA) is 52.6 Å². The van der Waals surface area contributed by atoms with Crippen molar-refractivity contribution in [3.05, 3.63) is 35.4 Å². The molecule has 0 saturated heterocycles. The van der Waals surface area contributed by atoms with Gasteiger partial charge in [-0.05, 0) is 6.07 Å². The number of cyclic esters (lactones) is 1. The molecule has 0 fully saturated rings. The van der Waals surface area contributed by atoms with Crippen LogP contribution in [0.2, 0.25) is 0 Å². The van der Waals surface area contributed by atoms with Crippen LogP contribution < -0.4 is 0 Å². The van der Waals surface area contributed by atoms with E-state index in [1.54, 1.807) is 24.3 Å². The van der Waals surface area contributed by atoms with Crippen LogP contribution in [0, 0.1) is 0 Å². The number of benzene rings is 1. The highest BCUT2D eigenvalue weighted by Crippen LogP contribution is 2.36. The summed E-state index contributed by atoms with van der Waals surface area (Å²) in [5.41, 5.74) is 1.21. The monoisotopic (exact) mass is 284 g/mol. The molecule has 0 N–H and O–H groups in total. The van der Waals surface area contributed by atoms with Gasteiger partial charge < -0.3 is 9.47 Å². The van der Waals surface area contributed by atoms with E-state index in [1.165, 1.54) is 7.11 Å². The fraction of sp³-hybridized carbons (Fsp3) is 0.273. The molecule has 1 aliphatic rings. The van der Waals surface area contributed by atoms with Crippen LogP contribution >= 0.6 is 15.9 Å². The summed E-state index contributed by atoms with van der Waals surface area (Å²) in [7, 11) is 1.29. The number of fused-ring (bicyclic) bond motifs is 1. The summed E-state index contributed by atoms with van der Waals surface area (Å²) in [5.74, 6) is -0.872. The second-order valence-electron chi connectivity index (χ2n) is 3.34. The van der Waals surface area contributed by atoms with Gasteiger partial charge in [0.2, 0.25) is 0 Å². The average Bonchev–Trinajstić information content (AvgIpc) is 2.65. The van der Waals surface area contributed by atoms with E-state index in [-0.39, 0.29) is 0 Å². The zero-order chi connectivity index (χ0) is 11.7. The van der Waals surface area contributed by atoms with Crippen LogP contribution in [0.15, 0.2) is 24.3 Å². The predicted molar refractivity (Wildman–Crippen MR) is 59.3 cm³/mol. The highest BCUT2D eigenvalue weighted by molar-refractivity contribution is 9.10. The number of rotatable bonds is 2. The van der Waals surface area contributed by atoms with Gasteiger partial charge in [0.05, 0.1) is 12.7 Å². The van der Waals surface area contributed by atoms with Gasteiger partial charge in [-0.1, -0.05) is 34.1 Å². The quantitative estimate of drug-likeness (QED) is 0.614. The summed E-state index contributed by atoms with van der Waals surface area (Å²) >= 11 is 3.18. The third-order valence-corrected chi connectivity index (χ3v) is 3.27. The van der Waals surface area contributed by atoms with Crippen LogP contribution in [-0.2, 0) is 14.3 Å². The van der Waals surface area contributed by atoms with Crippen LogP contribution in [0.1, 0.15) is 22.0 Å². The van der Waals surface area contributed by atoms with Gasteiger partial charge in [0.1, 0.15) is 0 Å². The Balaban J connectivity index is 2.34. The Labute approximate surface area is 101 Å². The van der Waals surface area contributed by atoms with Gasteiger partial charge in [0.15, 0.2) is 10.9 Å². The molecule has 5 heteroatoms. The fourth-order valence-electron chi connectivity index (χ4n) is 1.63. The number of esters is 2. The number of carbonyl (C=O) groups excluding carboxylic acids is 2. The lowest BCUT2D eigenvalue weighted by Crippen LogP contribution is -2.23. The normalized spacial score (nSPS) is 19.9. The van der Waals surface area contributed by atoms with E-state index in [0.717, 1.165) is 0 Å². The minimum absolute atomic E-state index is 0.408. The van der Waals surface area contributed by atoms with Crippen molar-refractivity contribution >= 4 is 27.9 Å². The van der Waals surface area contributed by atoms with Gasteiger partial charge in [-0.3, -0.25) is 4.79 Å². The summed E-state index contributed by atoms with van der Waals surface area (Å²) in [5, 5.41) is 0. The summed E-state index contributed by atoms with van der Waals surface area (Å²) in [6.45, 7) is 0. The second-order valence-corrected chi connectivity index (χ2v) is 4.32. The third kappa shape index (κ3) is 1.71. The molecule has 16 heavy (non-hydrogen) atoms. The number of halogens is 1. The number of carbonyl (C=O) groups is 2. The molecule has 0 aliphatic carbocycles. The lowest BCUT2D eigenvalue weighted by atomic mass is 10.0. The number of hydrogen-bond acceptors (Lipinski definition) is 4. The first-order valence-electron chi connectivity index (χ1n) is 4.67. The van der Waals surface area contributed by atoms with Gasteiger partial charge in [-0.25, -0.2) is 4.79 Å². The van der Waals surface area contributed by atoms with Crippen molar-refractivity contribution in [2.45, 2.75) is 10.9 Å². The fourth-order valence-corrected chi connectivity index (χ4v) is 2.21. The van der Waals surface area contributed by atoms with Gasteiger partial charge in [0, 0.05) is 5.56 Å². The molecule has 0 unspecified atom stereocenters. The van der Waals surface area contributed by atoms with E-state index < -0.39 is 22.9 Å². The molecule has 1 heterocycles. The summed E-state index contributed by atoms with van der Waals surface area (Å²) < 4.78 is 9.73. The maximum atomic E-state index is 11.5. The van der Waals surface area contributed by atoms with E-state index in [0.29, 0.717) is 11.1 Å². The molecule has 0 amide bonds. The molecule has 4 nitrogen and oxygen atoms in total. The molecule has 0 bridgehead atoms. The predicted octanol–water partition coefficient (Wildman–Crippen LogP) is 1.83. The van der Waals surface area contributed by atoms with Crippen molar-refractivity contribution in [3.8, 4) is 0 Å². The van der Waals surface area contributed by atoms with E-state index in [9.17, 15) is 9.59 Å². The van der Waals surface area contributed by atoms with E-state index >= 15 is 0 Å². The highest BCUT2D eigenvalue weighted by atomic mass is 79.9. The van der Waals surface area contributed by atoms with E-state index in [1.807, 2.05) is 0 Å². The van der Waals surface area contributed by atoms with Gasteiger partial charge in [0.25, 0.3) is 0 Å². The zero-order valence-corrected chi connectivity index (χ0v) is 10.1. The minimum atomic E-state index is -0.676. The third-order valence-electron chi connectivity index (χ3n) is 2.41. The lowest BCUT2D eigenvalue weighted by Gasteiger charge is -2.15. The molecule has 1 aliphatic heterocycles. The summed E-state index contributed by atoms with van der Waals surface area (Å²) in [6, 6.07) is 6.99. The number of methoxy groups -OCH3 is 1. The first-order chi connectivity index (χ1) is 7.65. The lowest BCUT2D eigenvalue weighted by molar-refractivity contribution is -0.141. The largest absolute Gasteiger partial charge is 0.468 e. The van der Waals surface area contributed by atoms with Crippen molar-refractivity contribution in [3.63, 3.8) is 0 Å². The van der Waals surface area contributed by atoms with Crippen LogP contribution in [0.4, 0.5) is 0 Å². The summed E-state index contributed by atoms with van der Waals surface area (Å²) in [6.07, 6.45) is -0.615. The molecule has 0 radical (unpaired) electrons. The molecule has 1 aromatic carbocycles. The van der Waals surface area contributed by atoms with Crippen LogP contribution in [-0.4, -0.2) is 23.9 Å². The van der Waals surface area contributed by atoms with Crippen LogP contribution in [0.3, 0.4) is 0 Å². The van der Waals surface area contributed by atoms with E-state index in [2.05, 4.69) is 20.7 Å². The molecule has 2 rings (SSSR count). The van der Waals surface area contributed by atoms with Crippen molar-refractivity contribution in [2.75, 3.05) is 7.11 Å². The van der Waals surface area contributed by atoms with Crippen molar-refractivity contribution < 1.29 is 19.1 Å². The van der Waals surface area contributed by atoms with Crippen LogP contribution in [0.25, 0.3) is 0 Å². The first-order valence-corrected chi connectivity index (χ1v) is 5.58. The van der Waals surface area contributed by atoms with Crippen molar-refractivity contribution in [1.29, 1.82) is 0 Å². The standard InChI is InChI=1S/C11H9BrO4/c1-15-11(14)8(12)9-6-4-2-3-5-7(6)10(13)16-9/h2-5,8-9H,1H3/t8-,9-/m0/s1. The number of hydrogen-bond donors (Lipinski definition) is 0. The Morgan fingerprint density at radius 1 is 1.50 bits per heavy atom. The molecule has 0 spiro atoms. The van der Waals surface area contributed by atoms with Crippen LogP contribution in [0.5, 0.6) is 0 Å². The zero-order valence-electron chi connectivity index (χ0n) is 8.48. The summed E-state index contributed by atoms with van der Waals surface area (Å²) in [4.78, 5) is 22.2. The van der Waals surface area contributed by atoms with Gasteiger partial charge >= 0.3 is 11.9 Å². The Hall–Kier alpha value is -1.36. The Kier molecular flexibility index (Phi) is 2.96. The van der Waals surface area contributed by atoms with Gasteiger partial charge in [-0.2, -0.15) is 0 Å². The second kappa shape index (κ2) is 4.25. The molecule has 1 aromatic rings. The SMILES string of the molecule is COC(=O)[C@@H](Br)[C@H]1OC(=O)c2ccccc21. The maximum absolute atomic E-state index is 11.5. The number of alkyl halides is 1. The Bertz CT molecular complexity index is 443. The maximum Gasteiger partial charge on any atom is 0.339 e. The molecule has 2 atom stereocenters. The first kappa shape index (κ1) is 11.1. The molecular weight excluding hydrogens is 276 g/mol. The smallest absolute Gasteiger partial charge is 0.339 e. The Morgan fingerprint density at radius 3 is 2.88 bits per heavy atom. The van der Waals surface area contributed by atoms with Crippen molar-refractivity contribution in [1.82, 2.24) is 0 Å². The van der Waals surface area contributed by atoms with Gasteiger partial charge in [-0.15, -0.1) is 0 Å². The molecule has 0 aromatic heterocycles.